The Hall–Kier alpha value is -2.23. The lowest BCUT2D eigenvalue weighted by Gasteiger charge is -2.27. The molecule has 3 rings (SSSR count). The predicted octanol–water partition coefficient (Wildman–Crippen LogP) is 1.17. The minimum atomic E-state index is -1.23. The van der Waals surface area contributed by atoms with Crippen LogP contribution in [0, 0.1) is 0 Å². The van der Waals surface area contributed by atoms with Gasteiger partial charge in [0.2, 0.25) is 0 Å². The highest BCUT2D eigenvalue weighted by molar-refractivity contribution is 5.58. The van der Waals surface area contributed by atoms with Crippen LogP contribution in [0.5, 0.6) is 0 Å². The first kappa shape index (κ1) is 17.6. The summed E-state index contributed by atoms with van der Waals surface area (Å²) in [6, 6.07) is 1.99. The standard InChI is InChI=1S/C16H25N7O2/c1-2-11-15(19-9-3-5-10(24)6-4-9)22-16(13(20-11)14(17)25)21-12-7-8-18-23-12/h7-10,14,24-25H,2-6,17H2,1H3,(H3,18,19,21,22,23). The van der Waals surface area contributed by atoms with Gasteiger partial charge in [-0.3, -0.25) is 5.10 Å². The van der Waals surface area contributed by atoms with E-state index in [9.17, 15) is 10.2 Å². The fourth-order valence-corrected chi connectivity index (χ4v) is 3.01. The molecule has 1 fully saturated rings. The van der Waals surface area contributed by atoms with Crippen LogP contribution in [0.4, 0.5) is 17.5 Å². The number of rotatable bonds is 6. The molecule has 1 atom stereocenters. The highest BCUT2D eigenvalue weighted by Gasteiger charge is 2.22. The third-order valence-corrected chi connectivity index (χ3v) is 4.40. The van der Waals surface area contributed by atoms with Gasteiger partial charge in [-0.05, 0) is 32.1 Å². The van der Waals surface area contributed by atoms with E-state index in [0.29, 0.717) is 23.9 Å². The van der Waals surface area contributed by atoms with Crippen molar-refractivity contribution in [3.05, 3.63) is 23.7 Å². The van der Waals surface area contributed by atoms with Crippen LogP contribution in [0.3, 0.4) is 0 Å². The summed E-state index contributed by atoms with van der Waals surface area (Å²) in [5.74, 6) is 1.69. The van der Waals surface area contributed by atoms with E-state index in [-0.39, 0.29) is 17.8 Å². The number of aliphatic hydroxyl groups is 2. The summed E-state index contributed by atoms with van der Waals surface area (Å²) in [7, 11) is 0. The molecule has 1 aliphatic carbocycles. The molecule has 0 radical (unpaired) electrons. The van der Waals surface area contributed by atoms with E-state index >= 15 is 0 Å². The van der Waals surface area contributed by atoms with E-state index in [1.807, 2.05) is 6.92 Å². The van der Waals surface area contributed by atoms with E-state index < -0.39 is 6.23 Å². The molecule has 9 heteroatoms. The Labute approximate surface area is 146 Å². The second-order valence-electron chi connectivity index (χ2n) is 6.30. The van der Waals surface area contributed by atoms with Crippen LogP contribution >= 0.6 is 0 Å². The smallest absolute Gasteiger partial charge is 0.159 e. The molecular weight excluding hydrogens is 322 g/mol. The summed E-state index contributed by atoms with van der Waals surface area (Å²) in [6.45, 7) is 1.98. The molecule has 9 nitrogen and oxygen atoms in total. The molecule has 0 aromatic carbocycles. The van der Waals surface area contributed by atoms with Crippen LogP contribution in [0.15, 0.2) is 12.3 Å². The minimum Gasteiger partial charge on any atom is -0.393 e. The maximum absolute atomic E-state index is 9.86. The highest BCUT2D eigenvalue weighted by atomic mass is 16.3. The average molecular weight is 347 g/mol. The van der Waals surface area contributed by atoms with Gasteiger partial charge in [-0.25, -0.2) is 9.97 Å². The molecule has 0 saturated heterocycles. The molecule has 136 valence electrons. The van der Waals surface area contributed by atoms with Crippen molar-refractivity contribution in [1.29, 1.82) is 0 Å². The number of hydrogen-bond donors (Lipinski definition) is 6. The fraction of sp³-hybridized carbons (Fsp3) is 0.562. The lowest BCUT2D eigenvalue weighted by atomic mass is 9.93. The van der Waals surface area contributed by atoms with Crippen LogP contribution in [0.2, 0.25) is 0 Å². The second kappa shape index (κ2) is 7.77. The lowest BCUT2D eigenvalue weighted by Crippen LogP contribution is -2.29. The number of nitrogens with one attached hydrogen (secondary N) is 3. The maximum Gasteiger partial charge on any atom is 0.159 e. The monoisotopic (exact) mass is 347 g/mol. The van der Waals surface area contributed by atoms with Gasteiger partial charge in [-0.2, -0.15) is 5.10 Å². The second-order valence-corrected chi connectivity index (χ2v) is 6.30. The lowest BCUT2D eigenvalue weighted by molar-refractivity contribution is 0.126. The summed E-state index contributed by atoms with van der Waals surface area (Å²) < 4.78 is 0. The van der Waals surface area contributed by atoms with Gasteiger partial charge >= 0.3 is 0 Å². The maximum atomic E-state index is 9.86. The Morgan fingerprint density at radius 2 is 2.04 bits per heavy atom. The molecule has 1 unspecified atom stereocenters. The van der Waals surface area contributed by atoms with Gasteiger partial charge in [0, 0.05) is 12.1 Å². The third kappa shape index (κ3) is 4.25. The summed E-state index contributed by atoms with van der Waals surface area (Å²) in [4.78, 5) is 9.12. The number of aryl methyl sites for hydroxylation is 1. The van der Waals surface area contributed by atoms with Crippen LogP contribution < -0.4 is 16.4 Å². The van der Waals surface area contributed by atoms with Gasteiger partial charge in [-0.15, -0.1) is 0 Å². The van der Waals surface area contributed by atoms with Gasteiger partial charge in [-0.1, -0.05) is 6.92 Å². The minimum absolute atomic E-state index is 0.206. The van der Waals surface area contributed by atoms with Crippen molar-refractivity contribution < 1.29 is 10.2 Å². The molecule has 2 aromatic heterocycles. The number of nitrogens with two attached hydrogens (primary N) is 1. The third-order valence-electron chi connectivity index (χ3n) is 4.40. The van der Waals surface area contributed by atoms with Crippen molar-refractivity contribution in [3.8, 4) is 0 Å². The molecule has 2 heterocycles. The molecule has 7 N–H and O–H groups in total. The van der Waals surface area contributed by atoms with Crippen LogP contribution in [-0.2, 0) is 6.42 Å². The molecule has 0 amide bonds. The molecule has 25 heavy (non-hydrogen) atoms. The summed E-state index contributed by atoms with van der Waals surface area (Å²) in [5, 5.41) is 32.7. The zero-order valence-electron chi connectivity index (χ0n) is 14.2. The SMILES string of the molecule is CCc1nc(C(N)O)c(Nc2ccn[nH]2)nc1NC1CCC(O)CC1. The number of aromatic amines is 1. The Kier molecular flexibility index (Phi) is 5.47. The van der Waals surface area contributed by atoms with Gasteiger partial charge in [0.25, 0.3) is 0 Å². The topological polar surface area (TPSA) is 145 Å². The molecule has 0 spiro atoms. The summed E-state index contributed by atoms with van der Waals surface area (Å²) in [6.07, 6.45) is 4.17. The van der Waals surface area contributed by atoms with E-state index in [4.69, 9.17) is 5.73 Å². The zero-order chi connectivity index (χ0) is 17.8. The van der Waals surface area contributed by atoms with Crippen molar-refractivity contribution >= 4 is 17.5 Å². The highest BCUT2D eigenvalue weighted by Crippen LogP contribution is 2.27. The molecule has 1 saturated carbocycles. The Balaban J connectivity index is 1.87. The average Bonchev–Trinajstić information content (AvgIpc) is 3.10. The van der Waals surface area contributed by atoms with Gasteiger partial charge in [0.15, 0.2) is 5.82 Å². The molecule has 2 aromatic rings. The zero-order valence-corrected chi connectivity index (χ0v) is 14.2. The largest absolute Gasteiger partial charge is 0.393 e. The molecular formula is C16H25N7O2. The van der Waals surface area contributed by atoms with E-state index in [2.05, 4.69) is 30.8 Å². The summed E-state index contributed by atoms with van der Waals surface area (Å²) in [5.41, 5.74) is 6.69. The van der Waals surface area contributed by atoms with Crippen molar-refractivity contribution in [2.45, 2.75) is 57.4 Å². The van der Waals surface area contributed by atoms with E-state index in [0.717, 1.165) is 31.4 Å². The fourth-order valence-electron chi connectivity index (χ4n) is 3.01. The van der Waals surface area contributed by atoms with Gasteiger partial charge in [0.05, 0.1) is 18.0 Å². The Bertz CT molecular complexity index is 682. The number of H-pyrrole nitrogens is 1. The number of anilines is 3. The van der Waals surface area contributed by atoms with Crippen molar-refractivity contribution in [2.24, 2.45) is 5.73 Å². The van der Waals surface area contributed by atoms with Crippen molar-refractivity contribution in [1.82, 2.24) is 20.2 Å². The first-order valence-electron chi connectivity index (χ1n) is 8.62. The molecule has 1 aliphatic rings. The molecule has 0 bridgehead atoms. The van der Waals surface area contributed by atoms with Crippen molar-refractivity contribution in [3.63, 3.8) is 0 Å². The van der Waals surface area contributed by atoms with E-state index in [1.54, 1.807) is 12.3 Å². The number of aromatic nitrogens is 4. The van der Waals surface area contributed by atoms with Crippen LogP contribution in [-0.4, -0.2) is 42.5 Å². The van der Waals surface area contributed by atoms with Crippen LogP contribution in [0.25, 0.3) is 0 Å². The normalized spacial score (nSPS) is 21.8. The number of nitrogens with zero attached hydrogens (tertiary/aromatic N) is 3. The first-order chi connectivity index (χ1) is 12.1. The quantitative estimate of drug-likeness (QED) is 0.427. The first-order valence-corrected chi connectivity index (χ1v) is 8.62. The predicted molar refractivity (Wildman–Crippen MR) is 94.3 cm³/mol. The van der Waals surface area contributed by atoms with Gasteiger partial charge < -0.3 is 26.6 Å². The number of aliphatic hydroxyl groups excluding tert-OH is 2. The Morgan fingerprint density at radius 3 is 2.64 bits per heavy atom. The van der Waals surface area contributed by atoms with Gasteiger partial charge in [0.1, 0.15) is 23.6 Å². The Morgan fingerprint density at radius 1 is 1.28 bits per heavy atom. The summed E-state index contributed by atoms with van der Waals surface area (Å²) >= 11 is 0. The number of hydrogen-bond acceptors (Lipinski definition) is 8. The van der Waals surface area contributed by atoms with Crippen LogP contribution in [0.1, 0.15) is 50.2 Å². The van der Waals surface area contributed by atoms with Crippen molar-refractivity contribution in [2.75, 3.05) is 10.6 Å². The molecule has 0 aliphatic heterocycles. The van der Waals surface area contributed by atoms with E-state index in [1.165, 1.54) is 0 Å².